The molecule has 114 valence electrons. The first-order valence-electron chi connectivity index (χ1n) is 6.44. The minimum Gasteiger partial charge on any atom is -0.466 e. The van der Waals surface area contributed by atoms with Gasteiger partial charge in [0.2, 0.25) is 0 Å². The van der Waals surface area contributed by atoms with Crippen molar-refractivity contribution in [2.45, 2.75) is 6.92 Å². The summed E-state index contributed by atoms with van der Waals surface area (Å²) >= 11 is 0. The minimum absolute atomic E-state index is 0.0277. The molecule has 0 saturated carbocycles. The maximum atomic E-state index is 13.7. The fourth-order valence-electron chi connectivity index (χ4n) is 1.98. The average Bonchev–Trinajstić information content (AvgIpc) is 2.53. The Kier molecular flexibility index (Phi) is 4.65. The molecule has 0 aliphatic rings. The molecule has 0 saturated heterocycles. The summed E-state index contributed by atoms with van der Waals surface area (Å²) in [6.45, 7) is 1.73. The number of ether oxygens (including phenoxy) is 1. The van der Waals surface area contributed by atoms with Crippen LogP contribution in [0.15, 0.2) is 42.5 Å². The molecule has 0 N–H and O–H groups in total. The molecule has 0 spiro atoms. The largest absolute Gasteiger partial charge is 0.466 e. The number of rotatable bonds is 3. The third-order valence-electron chi connectivity index (χ3n) is 3.22. The summed E-state index contributed by atoms with van der Waals surface area (Å²) in [4.78, 5) is 11.2. The maximum absolute atomic E-state index is 13.7. The summed E-state index contributed by atoms with van der Waals surface area (Å²) in [5.41, 5.74) is 1.78. The van der Waals surface area contributed by atoms with Crippen molar-refractivity contribution < 1.29 is 22.7 Å². The van der Waals surface area contributed by atoms with Crippen molar-refractivity contribution in [2.75, 3.05) is 7.11 Å². The molecule has 22 heavy (non-hydrogen) atoms. The molecule has 5 heteroatoms. The molecule has 0 unspecified atom stereocenters. The van der Waals surface area contributed by atoms with E-state index in [0.29, 0.717) is 11.1 Å². The summed E-state index contributed by atoms with van der Waals surface area (Å²) in [5, 5.41) is 0. The van der Waals surface area contributed by atoms with E-state index >= 15 is 0 Å². The molecule has 2 nitrogen and oxygen atoms in total. The van der Waals surface area contributed by atoms with E-state index in [1.807, 2.05) is 0 Å². The van der Waals surface area contributed by atoms with Crippen molar-refractivity contribution in [3.05, 3.63) is 65.5 Å². The van der Waals surface area contributed by atoms with E-state index in [9.17, 15) is 18.0 Å². The minimum atomic E-state index is -1.50. The zero-order chi connectivity index (χ0) is 16.3. The van der Waals surface area contributed by atoms with Crippen molar-refractivity contribution in [2.24, 2.45) is 0 Å². The molecular formula is C17H13F3O2. The molecule has 0 radical (unpaired) electrons. The van der Waals surface area contributed by atoms with Crippen LogP contribution in [0.5, 0.6) is 0 Å². The highest BCUT2D eigenvalue weighted by atomic mass is 19.2. The van der Waals surface area contributed by atoms with Crippen molar-refractivity contribution in [1.82, 2.24) is 0 Å². The Morgan fingerprint density at radius 2 is 1.64 bits per heavy atom. The fraction of sp³-hybridized carbons (Fsp3) is 0.118. The Morgan fingerprint density at radius 1 is 1.00 bits per heavy atom. The van der Waals surface area contributed by atoms with Gasteiger partial charge in [0.15, 0.2) is 17.5 Å². The number of benzene rings is 2. The third-order valence-corrected chi connectivity index (χ3v) is 3.22. The number of allylic oxidation sites excluding steroid dienone is 1. The van der Waals surface area contributed by atoms with Gasteiger partial charge < -0.3 is 4.74 Å². The molecule has 0 bridgehead atoms. The first-order chi connectivity index (χ1) is 10.4. The Hall–Kier alpha value is -2.56. The lowest BCUT2D eigenvalue weighted by molar-refractivity contribution is -0.134. The van der Waals surface area contributed by atoms with Gasteiger partial charge >= 0.3 is 5.97 Å². The number of methoxy groups -OCH3 is 1. The van der Waals surface area contributed by atoms with Gasteiger partial charge in [-0.05, 0) is 35.8 Å². The van der Waals surface area contributed by atoms with Gasteiger partial charge in [-0.3, -0.25) is 0 Å². The van der Waals surface area contributed by atoms with Gasteiger partial charge in [0.25, 0.3) is 0 Å². The molecule has 0 atom stereocenters. The van der Waals surface area contributed by atoms with Crippen LogP contribution in [0.1, 0.15) is 12.5 Å². The van der Waals surface area contributed by atoms with Crippen LogP contribution < -0.4 is 0 Å². The topological polar surface area (TPSA) is 26.3 Å². The first-order valence-corrected chi connectivity index (χ1v) is 6.44. The summed E-state index contributed by atoms with van der Waals surface area (Å²) in [5.74, 6) is -4.43. The lowest BCUT2D eigenvalue weighted by Gasteiger charge is -2.07. The Balaban J connectivity index is 2.36. The Morgan fingerprint density at radius 3 is 2.23 bits per heavy atom. The van der Waals surface area contributed by atoms with E-state index in [0.717, 1.165) is 11.6 Å². The van der Waals surface area contributed by atoms with Gasteiger partial charge in [0.1, 0.15) is 0 Å². The molecule has 2 aromatic rings. The van der Waals surface area contributed by atoms with Gasteiger partial charge in [0, 0.05) is 11.6 Å². The van der Waals surface area contributed by atoms with Crippen LogP contribution in [0.4, 0.5) is 13.2 Å². The number of esters is 1. The van der Waals surface area contributed by atoms with E-state index in [-0.39, 0.29) is 5.56 Å². The molecule has 0 aliphatic heterocycles. The number of halogens is 3. The molecule has 2 aromatic carbocycles. The van der Waals surface area contributed by atoms with Crippen molar-refractivity contribution in [3.63, 3.8) is 0 Å². The van der Waals surface area contributed by atoms with Crippen LogP contribution in [0.2, 0.25) is 0 Å². The van der Waals surface area contributed by atoms with Gasteiger partial charge in [-0.2, -0.15) is 0 Å². The monoisotopic (exact) mass is 306 g/mol. The lowest BCUT2D eigenvalue weighted by atomic mass is 10.0. The van der Waals surface area contributed by atoms with Crippen LogP contribution in [0.25, 0.3) is 16.7 Å². The van der Waals surface area contributed by atoms with Gasteiger partial charge in [-0.25, -0.2) is 18.0 Å². The SMILES string of the molecule is COC(=O)/C=C(\C)c1ccc(-c2ccc(F)c(F)c2F)cc1. The van der Waals surface area contributed by atoms with Gasteiger partial charge in [-0.1, -0.05) is 24.3 Å². The van der Waals surface area contributed by atoms with Crippen LogP contribution in [-0.4, -0.2) is 13.1 Å². The van der Waals surface area contributed by atoms with Gasteiger partial charge in [-0.15, -0.1) is 0 Å². The van der Waals surface area contributed by atoms with E-state index in [1.165, 1.54) is 19.3 Å². The fourth-order valence-corrected chi connectivity index (χ4v) is 1.98. The second-order valence-electron chi connectivity index (χ2n) is 4.65. The van der Waals surface area contributed by atoms with E-state index in [2.05, 4.69) is 4.74 Å². The predicted molar refractivity (Wildman–Crippen MR) is 77.4 cm³/mol. The zero-order valence-corrected chi connectivity index (χ0v) is 12.0. The Bertz CT molecular complexity index is 734. The van der Waals surface area contributed by atoms with Crippen LogP contribution >= 0.6 is 0 Å². The smallest absolute Gasteiger partial charge is 0.330 e. The summed E-state index contributed by atoms with van der Waals surface area (Å²) < 4.78 is 44.5. The second-order valence-corrected chi connectivity index (χ2v) is 4.65. The quantitative estimate of drug-likeness (QED) is 0.479. The predicted octanol–water partition coefficient (Wildman–Crippen LogP) is 4.35. The highest BCUT2D eigenvalue weighted by Crippen LogP contribution is 2.27. The molecule has 0 fully saturated rings. The highest BCUT2D eigenvalue weighted by molar-refractivity contribution is 5.91. The van der Waals surface area contributed by atoms with Crippen LogP contribution in [-0.2, 0) is 9.53 Å². The van der Waals surface area contributed by atoms with E-state index in [4.69, 9.17) is 0 Å². The molecular weight excluding hydrogens is 293 g/mol. The second kappa shape index (κ2) is 6.47. The number of hydrogen-bond acceptors (Lipinski definition) is 2. The third kappa shape index (κ3) is 3.19. The lowest BCUT2D eigenvalue weighted by Crippen LogP contribution is -1.96. The first kappa shape index (κ1) is 15.8. The van der Waals surface area contributed by atoms with Crippen molar-refractivity contribution in [3.8, 4) is 11.1 Å². The van der Waals surface area contributed by atoms with Gasteiger partial charge in [0.05, 0.1) is 7.11 Å². The summed E-state index contributed by atoms with van der Waals surface area (Å²) in [6, 6.07) is 8.51. The Labute approximate surface area is 125 Å². The maximum Gasteiger partial charge on any atom is 0.330 e. The standard InChI is InChI=1S/C17H13F3O2/c1-10(9-15(21)22-2)11-3-5-12(6-4-11)13-7-8-14(18)17(20)16(13)19/h3-9H,1-2H3/b10-9+. The number of hydrogen-bond donors (Lipinski definition) is 0. The van der Waals surface area contributed by atoms with Crippen LogP contribution in [0.3, 0.4) is 0 Å². The number of carbonyl (C=O) groups excluding carboxylic acids is 1. The van der Waals surface area contributed by atoms with E-state index in [1.54, 1.807) is 31.2 Å². The van der Waals surface area contributed by atoms with E-state index < -0.39 is 23.4 Å². The molecule has 0 heterocycles. The highest BCUT2D eigenvalue weighted by Gasteiger charge is 2.14. The molecule has 0 aliphatic carbocycles. The normalized spacial score (nSPS) is 11.4. The molecule has 2 rings (SSSR count). The summed E-state index contributed by atoms with van der Waals surface area (Å²) in [7, 11) is 1.28. The van der Waals surface area contributed by atoms with Crippen molar-refractivity contribution in [1.29, 1.82) is 0 Å². The summed E-state index contributed by atoms with van der Waals surface area (Å²) in [6.07, 6.45) is 1.33. The number of carbonyl (C=O) groups is 1. The molecule has 0 amide bonds. The zero-order valence-electron chi connectivity index (χ0n) is 12.0. The van der Waals surface area contributed by atoms with Crippen molar-refractivity contribution >= 4 is 11.5 Å². The molecule has 0 aromatic heterocycles. The van der Waals surface area contributed by atoms with Crippen LogP contribution in [0, 0.1) is 17.5 Å². The average molecular weight is 306 g/mol.